The topological polar surface area (TPSA) is 35.2 Å². The quantitative estimate of drug-likeness (QED) is 0.683. The number of alkyl halides is 3. The highest BCUT2D eigenvalue weighted by molar-refractivity contribution is 9.13. The van der Waals surface area contributed by atoms with E-state index in [1.165, 1.54) is 23.5 Å². The van der Waals surface area contributed by atoms with Gasteiger partial charge >= 0.3 is 6.36 Å². The largest absolute Gasteiger partial charge is 0.573 e. The monoisotopic (exact) mass is 443 g/mol. The minimum Gasteiger partial charge on any atom is -0.406 e. The molecule has 0 spiro atoms. The van der Waals surface area contributed by atoms with Crippen LogP contribution in [0.25, 0.3) is 0 Å². The van der Waals surface area contributed by atoms with Crippen LogP contribution in [0.5, 0.6) is 5.75 Å². The maximum Gasteiger partial charge on any atom is 0.573 e. The number of ether oxygens (including phenoxy) is 1. The lowest BCUT2D eigenvalue weighted by Gasteiger charge is -2.11. The minimum atomic E-state index is -4.67. The predicted octanol–water partition coefficient (Wildman–Crippen LogP) is 5.41. The molecule has 1 unspecified atom stereocenters. The first-order chi connectivity index (χ1) is 9.74. The van der Waals surface area contributed by atoms with Crippen LogP contribution in [0.1, 0.15) is 16.5 Å². The number of hydrogen-bond donors (Lipinski definition) is 1. The molecule has 0 radical (unpaired) electrons. The van der Waals surface area contributed by atoms with Crippen molar-refractivity contribution in [2.24, 2.45) is 5.73 Å². The summed E-state index contributed by atoms with van der Waals surface area (Å²) in [5.41, 5.74) is 6.95. The molecule has 0 fully saturated rings. The second kappa shape index (κ2) is 6.68. The summed E-state index contributed by atoms with van der Waals surface area (Å²) < 4.78 is 41.9. The van der Waals surface area contributed by atoms with Gasteiger partial charge in [-0.05, 0) is 62.0 Å². The van der Waals surface area contributed by atoms with Crippen LogP contribution in [0, 0.1) is 0 Å². The Morgan fingerprint density at radius 2 is 1.81 bits per heavy atom. The molecule has 0 saturated carbocycles. The molecule has 0 amide bonds. The van der Waals surface area contributed by atoms with Crippen molar-refractivity contribution in [1.29, 1.82) is 0 Å². The fourth-order valence-corrected chi connectivity index (χ4v) is 3.82. The highest BCUT2D eigenvalue weighted by atomic mass is 79.9. The third-order valence-corrected chi connectivity index (χ3v) is 6.03. The van der Waals surface area contributed by atoms with E-state index in [9.17, 15) is 13.2 Å². The van der Waals surface area contributed by atoms with Crippen LogP contribution >= 0.6 is 43.2 Å². The number of rotatable bonds is 4. The molecule has 1 aromatic carbocycles. The van der Waals surface area contributed by atoms with Gasteiger partial charge in [0.1, 0.15) is 5.75 Å². The van der Waals surface area contributed by atoms with Gasteiger partial charge in [0, 0.05) is 15.4 Å². The molecule has 0 aliphatic rings. The van der Waals surface area contributed by atoms with Gasteiger partial charge in [0.2, 0.25) is 0 Å². The summed E-state index contributed by atoms with van der Waals surface area (Å²) in [6.45, 7) is 0. The first-order valence-corrected chi connectivity index (χ1v) is 8.20. The molecule has 1 atom stereocenters. The lowest BCUT2D eigenvalue weighted by atomic mass is 10.1. The second-order valence-electron chi connectivity index (χ2n) is 4.27. The Labute approximate surface area is 140 Å². The Morgan fingerprint density at radius 1 is 1.19 bits per heavy atom. The van der Waals surface area contributed by atoms with Gasteiger partial charge in [-0.15, -0.1) is 24.5 Å². The zero-order chi connectivity index (χ0) is 15.6. The molecule has 0 bridgehead atoms. The normalized spacial score (nSPS) is 13.2. The molecular formula is C13H10Br2F3NOS. The van der Waals surface area contributed by atoms with Crippen molar-refractivity contribution in [3.05, 3.63) is 49.0 Å². The Kier molecular flexibility index (Phi) is 5.34. The van der Waals surface area contributed by atoms with Crippen LogP contribution < -0.4 is 10.5 Å². The average Bonchev–Trinajstić information content (AvgIpc) is 2.70. The zero-order valence-corrected chi connectivity index (χ0v) is 14.4. The lowest BCUT2D eigenvalue weighted by Crippen LogP contribution is -2.17. The smallest absolute Gasteiger partial charge is 0.406 e. The number of thiophene rings is 1. The van der Waals surface area contributed by atoms with Gasteiger partial charge < -0.3 is 10.5 Å². The van der Waals surface area contributed by atoms with E-state index in [1.54, 1.807) is 12.1 Å². The van der Waals surface area contributed by atoms with Crippen LogP contribution in [0.15, 0.2) is 38.6 Å². The molecule has 1 heterocycles. The molecule has 2 N–H and O–H groups in total. The minimum absolute atomic E-state index is 0.216. The van der Waals surface area contributed by atoms with E-state index >= 15 is 0 Å². The van der Waals surface area contributed by atoms with Crippen molar-refractivity contribution in [2.75, 3.05) is 0 Å². The van der Waals surface area contributed by atoms with Crippen molar-refractivity contribution in [3.8, 4) is 5.75 Å². The van der Waals surface area contributed by atoms with Crippen molar-refractivity contribution >= 4 is 43.2 Å². The molecule has 2 nitrogen and oxygen atoms in total. The van der Waals surface area contributed by atoms with Gasteiger partial charge in [-0.3, -0.25) is 0 Å². The Morgan fingerprint density at radius 3 is 2.29 bits per heavy atom. The number of halogens is 5. The SMILES string of the molecule is NC(Cc1ccc(OC(F)(F)F)cc1)c1cc(Br)c(Br)s1. The summed E-state index contributed by atoms with van der Waals surface area (Å²) in [6, 6.07) is 7.45. The van der Waals surface area contributed by atoms with Crippen LogP contribution in [-0.2, 0) is 6.42 Å². The molecule has 114 valence electrons. The van der Waals surface area contributed by atoms with Crippen molar-refractivity contribution in [1.82, 2.24) is 0 Å². The Bertz CT molecular complexity index is 593. The fourth-order valence-electron chi connectivity index (χ4n) is 1.73. The van der Waals surface area contributed by atoms with Gasteiger partial charge in [-0.2, -0.15) is 0 Å². The zero-order valence-electron chi connectivity index (χ0n) is 10.5. The van der Waals surface area contributed by atoms with Crippen LogP contribution in [0.4, 0.5) is 13.2 Å². The maximum absolute atomic E-state index is 12.1. The van der Waals surface area contributed by atoms with Crippen LogP contribution in [-0.4, -0.2) is 6.36 Å². The van der Waals surface area contributed by atoms with E-state index in [-0.39, 0.29) is 11.8 Å². The van der Waals surface area contributed by atoms with Gasteiger partial charge in [0.15, 0.2) is 0 Å². The summed E-state index contributed by atoms with van der Waals surface area (Å²) >= 11 is 8.32. The third kappa shape index (κ3) is 4.98. The van der Waals surface area contributed by atoms with Crippen molar-refractivity contribution in [3.63, 3.8) is 0 Å². The second-order valence-corrected chi connectivity index (χ2v) is 7.53. The standard InChI is InChI=1S/C13H10Br2F3NOS/c14-9-6-11(21-12(9)15)10(19)5-7-1-3-8(4-2-7)20-13(16,17)18/h1-4,6,10H,5,19H2. The molecular weight excluding hydrogens is 435 g/mol. The summed E-state index contributed by atoms with van der Waals surface area (Å²) in [4.78, 5) is 0.990. The molecule has 0 aliphatic heterocycles. The van der Waals surface area contributed by atoms with Crippen molar-refractivity contribution < 1.29 is 17.9 Å². The van der Waals surface area contributed by atoms with E-state index in [4.69, 9.17) is 5.73 Å². The summed E-state index contributed by atoms with van der Waals surface area (Å²) in [7, 11) is 0. The van der Waals surface area contributed by atoms with Gasteiger partial charge in [0.05, 0.1) is 3.79 Å². The van der Waals surface area contributed by atoms with Gasteiger partial charge in [-0.1, -0.05) is 12.1 Å². The van der Waals surface area contributed by atoms with E-state index in [0.29, 0.717) is 6.42 Å². The molecule has 0 saturated heterocycles. The summed E-state index contributed by atoms with van der Waals surface area (Å²) in [6.07, 6.45) is -4.14. The molecule has 2 aromatic rings. The Balaban J connectivity index is 2.03. The molecule has 1 aromatic heterocycles. The fraction of sp³-hybridized carbons (Fsp3) is 0.231. The molecule has 8 heteroatoms. The number of nitrogens with two attached hydrogens (primary N) is 1. The first-order valence-electron chi connectivity index (χ1n) is 5.79. The van der Waals surface area contributed by atoms with Crippen LogP contribution in [0.3, 0.4) is 0 Å². The average molecular weight is 445 g/mol. The van der Waals surface area contributed by atoms with Crippen molar-refractivity contribution in [2.45, 2.75) is 18.8 Å². The van der Waals surface area contributed by atoms with Gasteiger partial charge in [0.25, 0.3) is 0 Å². The highest BCUT2D eigenvalue weighted by Crippen LogP contribution is 2.35. The van der Waals surface area contributed by atoms with E-state index in [1.807, 2.05) is 6.07 Å². The van der Waals surface area contributed by atoms with Gasteiger partial charge in [-0.25, -0.2) is 0 Å². The van der Waals surface area contributed by atoms with E-state index in [2.05, 4.69) is 36.6 Å². The first kappa shape index (κ1) is 16.8. The summed E-state index contributed by atoms with van der Waals surface area (Å²) in [5, 5.41) is 0. The lowest BCUT2D eigenvalue weighted by molar-refractivity contribution is -0.274. The number of hydrogen-bond acceptors (Lipinski definition) is 3. The summed E-state index contributed by atoms with van der Waals surface area (Å²) in [5.74, 6) is -0.235. The maximum atomic E-state index is 12.1. The van der Waals surface area contributed by atoms with E-state index in [0.717, 1.165) is 18.7 Å². The Hall–Kier alpha value is -0.570. The third-order valence-electron chi connectivity index (χ3n) is 2.64. The molecule has 2 rings (SSSR count). The molecule has 0 aliphatic carbocycles. The van der Waals surface area contributed by atoms with E-state index < -0.39 is 6.36 Å². The molecule has 21 heavy (non-hydrogen) atoms. The number of benzene rings is 1. The highest BCUT2D eigenvalue weighted by Gasteiger charge is 2.30. The van der Waals surface area contributed by atoms with Crippen LogP contribution in [0.2, 0.25) is 0 Å². The predicted molar refractivity (Wildman–Crippen MR) is 83.5 cm³/mol.